The minimum Gasteiger partial charge on any atom is -0.456 e. The summed E-state index contributed by atoms with van der Waals surface area (Å²) in [6.07, 6.45) is 3.70. The lowest BCUT2D eigenvalue weighted by atomic mass is 10.1. The predicted octanol–water partition coefficient (Wildman–Crippen LogP) is 7.37. The monoisotopic (exact) mass is 467 g/mol. The van der Waals surface area contributed by atoms with Crippen LogP contribution in [0.2, 0.25) is 10.0 Å². The molecule has 6 heteroatoms. The quantitative estimate of drug-likeness (QED) is 0.314. The molecule has 0 fully saturated rings. The largest absolute Gasteiger partial charge is 0.456 e. The standard InChI is InChI=1S/C26H23Cl2NO3/c1-26(2,3)32-25(31)22-12-11-17(9-10-18-13-20(27)16-21(28)14-18)15-23(22)29-24(30)19-7-5-4-6-8-19/h4-16H,1-3H3,(H,29,30). The Hall–Kier alpha value is -3.08. The molecule has 0 heterocycles. The van der Waals surface area contributed by atoms with Gasteiger partial charge in [0.1, 0.15) is 5.60 Å². The van der Waals surface area contributed by atoms with Crippen molar-refractivity contribution in [1.29, 1.82) is 0 Å². The molecule has 0 aliphatic rings. The third-order valence-electron chi connectivity index (χ3n) is 4.30. The van der Waals surface area contributed by atoms with Crippen molar-refractivity contribution in [2.75, 3.05) is 5.32 Å². The highest BCUT2D eigenvalue weighted by Crippen LogP contribution is 2.25. The van der Waals surface area contributed by atoms with Crippen LogP contribution in [0.4, 0.5) is 5.69 Å². The van der Waals surface area contributed by atoms with E-state index in [4.69, 9.17) is 27.9 Å². The van der Waals surface area contributed by atoms with Gasteiger partial charge in [-0.25, -0.2) is 4.79 Å². The zero-order valence-electron chi connectivity index (χ0n) is 18.0. The van der Waals surface area contributed by atoms with Crippen LogP contribution in [0.15, 0.2) is 66.7 Å². The van der Waals surface area contributed by atoms with Gasteiger partial charge in [-0.3, -0.25) is 4.79 Å². The van der Waals surface area contributed by atoms with E-state index in [0.29, 0.717) is 21.3 Å². The lowest BCUT2D eigenvalue weighted by molar-refractivity contribution is 0.00708. The number of anilines is 1. The molecule has 3 aromatic carbocycles. The Morgan fingerprint density at radius 1 is 0.844 bits per heavy atom. The van der Waals surface area contributed by atoms with Crippen LogP contribution in [0.3, 0.4) is 0 Å². The normalized spacial score (nSPS) is 11.4. The van der Waals surface area contributed by atoms with Crippen LogP contribution >= 0.6 is 23.2 Å². The van der Waals surface area contributed by atoms with Crippen LogP contribution in [-0.2, 0) is 4.74 Å². The summed E-state index contributed by atoms with van der Waals surface area (Å²) in [5.41, 5.74) is 2.05. The molecule has 0 radical (unpaired) electrons. The smallest absolute Gasteiger partial charge is 0.340 e. The third-order valence-corrected chi connectivity index (χ3v) is 4.74. The van der Waals surface area contributed by atoms with Crippen LogP contribution in [0.25, 0.3) is 12.2 Å². The van der Waals surface area contributed by atoms with Crippen molar-refractivity contribution in [2.45, 2.75) is 26.4 Å². The molecule has 0 atom stereocenters. The van der Waals surface area contributed by atoms with Crippen molar-refractivity contribution in [3.63, 3.8) is 0 Å². The van der Waals surface area contributed by atoms with Gasteiger partial charge in [-0.2, -0.15) is 0 Å². The van der Waals surface area contributed by atoms with E-state index in [2.05, 4.69) is 5.32 Å². The molecular formula is C26H23Cl2NO3. The number of nitrogens with one attached hydrogen (secondary N) is 1. The van der Waals surface area contributed by atoms with Crippen molar-refractivity contribution in [2.24, 2.45) is 0 Å². The lowest BCUT2D eigenvalue weighted by Gasteiger charge is -2.21. The van der Waals surface area contributed by atoms with Crippen molar-refractivity contribution in [1.82, 2.24) is 0 Å². The molecule has 164 valence electrons. The van der Waals surface area contributed by atoms with E-state index in [-0.39, 0.29) is 11.5 Å². The van der Waals surface area contributed by atoms with Gasteiger partial charge in [-0.15, -0.1) is 0 Å². The van der Waals surface area contributed by atoms with Gasteiger partial charge in [0.2, 0.25) is 0 Å². The van der Waals surface area contributed by atoms with Gasteiger partial charge in [0.15, 0.2) is 0 Å². The number of amides is 1. The summed E-state index contributed by atoms with van der Waals surface area (Å²) in [5, 5.41) is 3.91. The summed E-state index contributed by atoms with van der Waals surface area (Å²) in [6.45, 7) is 5.38. The second-order valence-corrected chi connectivity index (χ2v) is 9.04. The summed E-state index contributed by atoms with van der Waals surface area (Å²) in [5.74, 6) is -0.837. The van der Waals surface area contributed by atoms with E-state index >= 15 is 0 Å². The Kier molecular flexibility index (Phi) is 7.39. The van der Waals surface area contributed by atoms with Gasteiger partial charge in [0, 0.05) is 15.6 Å². The second-order valence-electron chi connectivity index (χ2n) is 8.16. The Balaban J connectivity index is 1.94. The first-order chi connectivity index (χ1) is 15.1. The number of hydrogen-bond acceptors (Lipinski definition) is 3. The average Bonchev–Trinajstić information content (AvgIpc) is 2.71. The zero-order chi connectivity index (χ0) is 23.3. The van der Waals surface area contributed by atoms with Gasteiger partial charge >= 0.3 is 5.97 Å². The highest BCUT2D eigenvalue weighted by molar-refractivity contribution is 6.34. The lowest BCUT2D eigenvalue weighted by Crippen LogP contribution is -2.25. The maximum Gasteiger partial charge on any atom is 0.340 e. The van der Waals surface area contributed by atoms with E-state index < -0.39 is 11.6 Å². The minimum atomic E-state index is -0.664. The summed E-state index contributed by atoms with van der Waals surface area (Å²) < 4.78 is 5.51. The molecule has 3 aromatic rings. The first-order valence-corrected chi connectivity index (χ1v) is 10.7. The predicted molar refractivity (Wildman–Crippen MR) is 131 cm³/mol. The van der Waals surface area contributed by atoms with Gasteiger partial charge in [0.05, 0.1) is 11.3 Å². The molecule has 0 bridgehead atoms. The molecule has 32 heavy (non-hydrogen) atoms. The number of esters is 1. The molecule has 0 saturated heterocycles. The number of benzene rings is 3. The number of halogens is 2. The fraction of sp³-hybridized carbons (Fsp3) is 0.154. The summed E-state index contributed by atoms with van der Waals surface area (Å²) in [4.78, 5) is 25.5. The highest BCUT2D eigenvalue weighted by atomic mass is 35.5. The number of carbonyl (C=O) groups is 2. The van der Waals surface area contributed by atoms with Crippen LogP contribution in [0.5, 0.6) is 0 Å². The maximum absolute atomic E-state index is 12.7. The van der Waals surface area contributed by atoms with Gasteiger partial charge in [0.25, 0.3) is 5.91 Å². The Morgan fingerprint density at radius 2 is 1.47 bits per heavy atom. The highest BCUT2D eigenvalue weighted by Gasteiger charge is 2.21. The number of ether oxygens (including phenoxy) is 1. The topological polar surface area (TPSA) is 55.4 Å². The first kappa shape index (κ1) is 23.6. The molecule has 0 aromatic heterocycles. The van der Waals surface area contributed by atoms with E-state index in [0.717, 1.165) is 11.1 Å². The fourth-order valence-corrected chi connectivity index (χ4v) is 3.47. The third kappa shape index (κ3) is 6.71. The van der Waals surface area contributed by atoms with Crippen molar-refractivity contribution in [3.8, 4) is 0 Å². The maximum atomic E-state index is 12.7. The van der Waals surface area contributed by atoms with Crippen molar-refractivity contribution in [3.05, 3.63) is 99.0 Å². The summed E-state index contributed by atoms with van der Waals surface area (Å²) >= 11 is 12.1. The Bertz CT molecular complexity index is 1150. The molecule has 1 amide bonds. The van der Waals surface area contributed by atoms with Gasteiger partial charge < -0.3 is 10.1 Å². The van der Waals surface area contributed by atoms with E-state index in [1.807, 2.05) is 18.2 Å². The molecule has 0 aliphatic heterocycles. The molecule has 1 N–H and O–H groups in total. The molecule has 3 rings (SSSR count). The minimum absolute atomic E-state index is 0.271. The number of carbonyl (C=O) groups excluding carboxylic acids is 2. The number of hydrogen-bond donors (Lipinski definition) is 1. The Labute approximate surface area is 197 Å². The molecule has 0 aliphatic carbocycles. The first-order valence-electron chi connectivity index (χ1n) is 9.99. The van der Waals surface area contributed by atoms with Crippen LogP contribution in [0, 0.1) is 0 Å². The molecule has 0 saturated carbocycles. The van der Waals surface area contributed by atoms with E-state index in [1.165, 1.54) is 0 Å². The van der Waals surface area contributed by atoms with E-state index in [9.17, 15) is 9.59 Å². The molecular weight excluding hydrogens is 445 g/mol. The van der Waals surface area contributed by atoms with Gasteiger partial charge in [-0.1, -0.05) is 59.6 Å². The molecule has 0 unspecified atom stereocenters. The van der Waals surface area contributed by atoms with Crippen molar-refractivity contribution < 1.29 is 14.3 Å². The van der Waals surface area contributed by atoms with Gasteiger partial charge in [-0.05, 0) is 74.4 Å². The zero-order valence-corrected chi connectivity index (χ0v) is 19.5. The summed E-state index contributed by atoms with van der Waals surface area (Å²) in [7, 11) is 0. The second kappa shape index (κ2) is 10.0. The summed E-state index contributed by atoms with van der Waals surface area (Å²) in [6, 6.07) is 19.2. The molecule has 0 spiro atoms. The van der Waals surface area contributed by atoms with Crippen molar-refractivity contribution >= 4 is 52.9 Å². The SMILES string of the molecule is CC(C)(C)OC(=O)c1ccc(C=Cc2cc(Cl)cc(Cl)c2)cc1NC(=O)c1ccccc1. The molecule has 4 nitrogen and oxygen atoms in total. The van der Waals surface area contributed by atoms with Crippen LogP contribution in [-0.4, -0.2) is 17.5 Å². The van der Waals surface area contributed by atoms with E-state index in [1.54, 1.807) is 81.4 Å². The fourth-order valence-electron chi connectivity index (χ4n) is 2.93. The van der Waals surface area contributed by atoms with Crippen LogP contribution < -0.4 is 5.32 Å². The average molecular weight is 468 g/mol. The Morgan fingerprint density at radius 3 is 2.09 bits per heavy atom. The number of rotatable bonds is 5. The van der Waals surface area contributed by atoms with Crippen LogP contribution in [0.1, 0.15) is 52.6 Å².